The molecule has 2 amide bonds. The maximum absolute atomic E-state index is 13.0. The van der Waals surface area contributed by atoms with Gasteiger partial charge in [0.05, 0.1) is 17.7 Å². The number of methoxy groups -OCH3 is 1. The van der Waals surface area contributed by atoms with Crippen molar-refractivity contribution in [3.8, 4) is 5.75 Å². The fraction of sp³-hybridized carbons (Fsp3) is 0.350. The zero-order valence-electron chi connectivity index (χ0n) is 15.2. The first kappa shape index (κ1) is 20.3. The summed E-state index contributed by atoms with van der Waals surface area (Å²) in [6, 6.07) is 10.7. The highest BCUT2D eigenvalue weighted by molar-refractivity contribution is 6.31. The molecule has 28 heavy (non-hydrogen) atoms. The van der Waals surface area contributed by atoms with E-state index in [1.165, 1.54) is 6.07 Å². The van der Waals surface area contributed by atoms with E-state index in [0.717, 1.165) is 36.3 Å². The zero-order chi connectivity index (χ0) is 20.3. The van der Waals surface area contributed by atoms with Crippen molar-refractivity contribution in [2.45, 2.75) is 24.9 Å². The molecule has 0 aliphatic carbocycles. The average Bonchev–Trinajstić information content (AvgIpc) is 2.68. The van der Waals surface area contributed by atoms with Crippen molar-refractivity contribution >= 4 is 23.3 Å². The van der Waals surface area contributed by atoms with Gasteiger partial charge in [0.15, 0.2) is 0 Å². The highest BCUT2D eigenvalue weighted by Gasteiger charge is 2.33. The van der Waals surface area contributed by atoms with Crippen LogP contribution in [0, 0.1) is 0 Å². The van der Waals surface area contributed by atoms with Crippen LogP contribution < -0.4 is 10.1 Å². The first-order valence-electron chi connectivity index (χ1n) is 8.85. The molecule has 1 N–H and O–H groups in total. The number of ether oxygens (including phenoxy) is 1. The minimum absolute atomic E-state index is 0.0635. The van der Waals surface area contributed by atoms with E-state index in [1.807, 2.05) is 24.3 Å². The number of alkyl halides is 3. The maximum Gasteiger partial charge on any atom is 0.417 e. The van der Waals surface area contributed by atoms with E-state index in [9.17, 15) is 18.0 Å². The number of hydrogen-bond acceptors (Lipinski definition) is 2. The van der Waals surface area contributed by atoms with Gasteiger partial charge in [0.25, 0.3) is 0 Å². The van der Waals surface area contributed by atoms with Crippen molar-refractivity contribution in [3.05, 3.63) is 58.6 Å². The minimum Gasteiger partial charge on any atom is -0.496 e. The molecule has 8 heteroatoms. The molecule has 0 spiro atoms. The molecule has 0 radical (unpaired) electrons. The Morgan fingerprint density at radius 1 is 1.18 bits per heavy atom. The van der Waals surface area contributed by atoms with Crippen molar-refractivity contribution in [2.24, 2.45) is 0 Å². The van der Waals surface area contributed by atoms with Crippen molar-refractivity contribution in [2.75, 3.05) is 25.5 Å². The third kappa shape index (κ3) is 4.52. The van der Waals surface area contributed by atoms with Crippen LogP contribution in [0.4, 0.5) is 23.7 Å². The number of hydrogen-bond donors (Lipinski definition) is 1. The summed E-state index contributed by atoms with van der Waals surface area (Å²) in [4.78, 5) is 14.1. The summed E-state index contributed by atoms with van der Waals surface area (Å²) in [5, 5.41) is 2.13. The Kier molecular flexibility index (Phi) is 6.03. The predicted octanol–water partition coefficient (Wildman–Crippen LogP) is 5.78. The number of amides is 2. The lowest BCUT2D eigenvalue weighted by atomic mass is 9.89. The van der Waals surface area contributed by atoms with Gasteiger partial charge < -0.3 is 15.0 Å². The molecule has 1 aliphatic heterocycles. The molecule has 1 fully saturated rings. The molecule has 1 aliphatic rings. The van der Waals surface area contributed by atoms with Crippen LogP contribution in [0.25, 0.3) is 0 Å². The maximum atomic E-state index is 13.0. The zero-order valence-corrected chi connectivity index (χ0v) is 16.0. The molecule has 3 rings (SSSR count). The molecule has 150 valence electrons. The average molecular weight is 413 g/mol. The molecular weight excluding hydrogens is 393 g/mol. The molecule has 2 aromatic carbocycles. The molecule has 0 saturated carbocycles. The first-order valence-corrected chi connectivity index (χ1v) is 9.23. The van der Waals surface area contributed by atoms with E-state index < -0.39 is 22.8 Å². The number of rotatable bonds is 3. The highest BCUT2D eigenvalue weighted by Crippen LogP contribution is 2.37. The standard InChI is InChI=1S/C20H20ClF3N2O2/c1-28-18-5-3-2-4-15(18)13-8-10-26(11-9-13)19(27)25-14-6-7-17(21)16(12-14)20(22,23)24/h2-7,12-13H,8-11H2,1H3,(H,25,27). The Labute approximate surface area is 166 Å². The lowest BCUT2D eigenvalue weighted by Crippen LogP contribution is -2.40. The fourth-order valence-corrected chi connectivity index (χ4v) is 3.64. The van der Waals surface area contributed by atoms with Crippen LogP contribution in [0.3, 0.4) is 0 Å². The van der Waals surface area contributed by atoms with Gasteiger partial charge in [0.2, 0.25) is 0 Å². The highest BCUT2D eigenvalue weighted by atomic mass is 35.5. The fourth-order valence-electron chi connectivity index (χ4n) is 3.42. The number of anilines is 1. The lowest BCUT2D eigenvalue weighted by molar-refractivity contribution is -0.137. The molecule has 0 unspecified atom stereocenters. The summed E-state index contributed by atoms with van der Waals surface area (Å²) in [7, 11) is 1.63. The number of carbonyl (C=O) groups is 1. The van der Waals surface area contributed by atoms with Gasteiger partial charge in [-0.05, 0) is 48.6 Å². The molecule has 4 nitrogen and oxygen atoms in total. The van der Waals surface area contributed by atoms with E-state index in [-0.39, 0.29) is 11.6 Å². The molecule has 0 bridgehead atoms. The number of nitrogens with one attached hydrogen (secondary N) is 1. The summed E-state index contributed by atoms with van der Waals surface area (Å²) in [6.07, 6.45) is -3.07. The van der Waals surface area contributed by atoms with Crippen molar-refractivity contribution in [1.82, 2.24) is 4.90 Å². The number of piperidine rings is 1. The van der Waals surface area contributed by atoms with E-state index in [2.05, 4.69) is 5.32 Å². The quantitative estimate of drug-likeness (QED) is 0.694. The van der Waals surface area contributed by atoms with Gasteiger partial charge in [0.1, 0.15) is 5.75 Å². The van der Waals surface area contributed by atoms with Gasteiger partial charge in [-0.25, -0.2) is 4.79 Å². The second-order valence-electron chi connectivity index (χ2n) is 6.63. The monoisotopic (exact) mass is 412 g/mol. The van der Waals surface area contributed by atoms with Crippen LogP contribution in [0.5, 0.6) is 5.75 Å². The third-order valence-corrected chi connectivity index (χ3v) is 5.21. The SMILES string of the molecule is COc1ccccc1C1CCN(C(=O)Nc2ccc(Cl)c(C(F)(F)F)c2)CC1. The summed E-state index contributed by atoms with van der Waals surface area (Å²) < 4.78 is 44.3. The third-order valence-electron chi connectivity index (χ3n) is 4.88. The Morgan fingerprint density at radius 2 is 1.86 bits per heavy atom. The largest absolute Gasteiger partial charge is 0.496 e. The Bertz CT molecular complexity index is 850. The molecule has 1 heterocycles. The van der Waals surface area contributed by atoms with Crippen molar-refractivity contribution < 1.29 is 22.7 Å². The number of halogens is 4. The lowest BCUT2D eigenvalue weighted by Gasteiger charge is -2.32. The van der Waals surface area contributed by atoms with Gasteiger partial charge in [0, 0.05) is 18.8 Å². The second-order valence-corrected chi connectivity index (χ2v) is 7.03. The number of benzene rings is 2. The van der Waals surface area contributed by atoms with Gasteiger partial charge >= 0.3 is 12.2 Å². The Morgan fingerprint density at radius 3 is 2.50 bits per heavy atom. The normalized spacial score (nSPS) is 15.4. The molecule has 1 saturated heterocycles. The number of likely N-dealkylation sites (tertiary alicyclic amines) is 1. The Hall–Kier alpha value is -2.41. The van der Waals surface area contributed by atoms with Crippen LogP contribution >= 0.6 is 11.6 Å². The summed E-state index contributed by atoms with van der Waals surface area (Å²) in [5.74, 6) is 1.10. The number of nitrogens with zero attached hydrogens (tertiary/aromatic N) is 1. The second kappa shape index (κ2) is 8.31. The van der Waals surface area contributed by atoms with Crippen LogP contribution in [0.15, 0.2) is 42.5 Å². The summed E-state index contributed by atoms with van der Waals surface area (Å²) in [5.41, 5.74) is 0.202. The van der Waals surface area contributed by atoms with E-state index in [4.69, 9.17) is 16.3 Å². The van der Waals surface area contributed by atoms with E-state index in [1.54, 1.807) is 12.0 Å². The predicted molar refractivity (Wildman–Crippen MR) is 102 cm³/mol. The van der Waals surface area contributed by atoms with Gasteiger partial charge in [-0.1, -0.05) is 29.8 Å². The molecule has 2 aromatic rings. The van der Waals surface area contributed by atoms with Crippen molar-refractivity contribution in [1.29, 1.82) is 0 Å². The number of para-hydroxylation sites is 1. The summed E-state index contributed by atoms with van der Waals surface area (Å²) in [6.45, 7) is 1.02. The topological polar surface area (TPSA) is 41.6 Å². The van der Waals surface area contributed by atoms with Crippen LogP contribution in [0.2, 0.25) is 5.02 Å². The van der Waals surface area contributed by atoms with Gasteiger partial charge in [-0.3, -0.25) is 0 Å². The van der Waals surface area contributed by atoms with Gasteiger partial charge in [-0.2, -0.15) is 13.2 Å². The molecule has 0 atom stereocenters. The van der Waals surface area contributed by atoms with Crippen LogP contribution in [0.1, 0.15) is 29.9 Å². The first-order chi connectivity index (χ1) is 13.3. The summed E-state index contributed by atoms with van der Waals surface area (Å²) >= 11 is 5.61. The van der Waals surface area contributed by atoms with E-state index in [0.29, 0.717) is 13.1 Å². The smallest absolute Gasteiger partial charge is 0.417 e. The van der Waals surface area contributed by atoms with Gasteiger partial charge in [-0.15, -0.1) is 0 Å². The van der Waals surface area contributed by atoms with Crippen LogP contribution in [-0.4, -0.2) is 31.1 Å². The number of urea groups is 1. The van der Waals surface area contributed by atoms with Crippen molar-refractivity contribution in [3.63, 3.8) is 0 Å². The van der Waals surface area contributed by atoms with E-state index >= 15 is 0 Å². The molecule has 0 aromatic heterocycles. The Balaban J connectivity index is 1.63. The van der Waals surface area contributed by atoms with Crippen LogP contribution in [-0.2, 0) is 6.18 Å². The molecular formula is C20H20ClF3N2O2. The minimum atomic E-state index is -4.58. The number of carbonyl (C=O) groups excluding carboxylic acids is 1.